The number of benzene rings is 1. The molecule has 2 rings (SSSR count). The second-order valence-electron chi connectivity index (χ2n) is 6.55. The summed E-state index contributed by atoms with van der Waals surface area (Å²) >= 11 is 0. The predicted octanol–water partition coefficient (Wildman–Crippen LogP) is 2.18. The second kappa shape index (κ2) is 6.58. The van der Waals surface area contributed by atoms with Crippen LogP contribution in [0.15, 0.2) is 24.3 Å². The molecule has 0 saturated carbocycles. The molecule has 1 aromatic rings. The minimum absolute atomic E-state index is 0.0873. The van der Waals surface area contributed by atoms with Gasteiger partial charge in [0.1, 0.15) is 0 Å². The van der Waals surface area contributed by atoms with Gasteiger partial charge in [-0.05, 0) is 36.8 Å². The molecule has 0 fully saturated rings. The normalized spacial score (nSPS) is 20.7. The van der Waals surface area contributed by atoms with Gasteiger partial charge >= 0.3 is 0 Å². The van der Waals surface area contributed by atoms with Gasteiger partial charge in [0.25, 0.3) is 5.91 Å². The third-order valence-electron chi connectivity index (χ3n) is 3.97. The highest BCUT2D eigenvalue weighted by Gasteiger charge is 2.32. The van der Waals surface area contributed by atoms with Gasteiger partial charge in [-0.1, -0.05) is 38.1 Å². The first-order valence-corrected chi connectivity index (χ1v) is 7.67. The van der Waals surface area contributed by atoms with Gasteiger partial charge in [-0.2, -0.15) is 0 Å². The molecule has 1 aromatic carbocycles. The molecule has 4 nitrogen and oxygen atoms in total. The molecule has 1 aliphatic rings. The average Bonchev–Trinajstić information content (AvgIpc) is 2.45. The van der Waals surface area contributed by atoms with Crippen LogP contribution in [-0.2, 0) is 16.0 Å². The molecule has 0 spiro atoms. The molecule has 2 atom stereocenters. The van der Waals surface area contributed by atoms with E-state index in [0.29, 0.717) is 19.1 Å². The number of carbonyl (C=O) groups is 1. The Hall–Kier alpha value is -1.39. The lowest BCUT2D eigenvalue weighted by molar-refractivity contribution is -0.136. The lowest BCUT2D eigenvalue weighted by Gasteiger charge is -2.34. The van der Waals surface area contributed by atoms with Gasteiger partial charge in [0, 0.05) is 12.1 Å². The van der Waals surface area contributed by atoms with Gasteiger partial charge in [-0.3, -0.25) is 4.79 Å². The molecule has 0 radical (unpaired) electrons. The molecule has 1 amide bonds. The molecule has 1 aliphatic heterocycles. The van der Waals surface area contributed by atoms with E-state index in [0.717, 1.165) is 18.4 Å². The minimum Gasteiger partial charge on any atom is -0.363 e. The Balaban J connectivity index is 2.14. The van der Waals surface area contributed by atoms with Crippen LogP contribution in [-0.4, -0.2) is 24.6 Å². The lowest BCUT2D eigenvalue weighted by Crippen LogP contribution is -2.54. The van der Waals surface area contributed by atoms with Crippen molar-refractivity contribution in [1.82, 2.24) is 5.32 Å². The number of rotatable bonds is 5. The molecule has 1 heterocycles. The van der Waals surface area contributed by atoms with Crippen LogP contribution in [0.3, 0.4) is 0 Å². The molecule has 4 heteroatoms. The fraction of sp³-hybridized carbons (Fsp3) is 0.588. The number of hydrogen-bond acceptors (Lipinski definition) is 3. The first-order valence-electron chi connectivity index (χ1n) is 7.67. The summed E-state index contributed by atoms with van der Waals surface area (Å²) in [5.74, 6) is 0.383. The molecule has 0 bridgehead atoms. The lowest BCUT2D eigenvalue weighted by atomic mass is 9.89. The molecular weight excluding hydrogens is 264 g/mol. The summed E-state index contributed by atoms with van der Waals surface area (Å²) in [6, 6.07) is 7.99. The molecule has 116 valence electrons. The summed E-state index contributed by atoms with van der Waals surface area (Å²) in [7, 11) is 0. The molecule has 0 saturated heterocycles. The van der Waals surface area contributed by atoms with E-state index in [1.807, 2.05) is 25.1 Å². The third kappa shape index (κ3) is 3.83. The number of hydrogen-bond donors (Lipinski definition) is 2. The smallest absolute Gasteiger partial charge is 0.254 e. The van der Waals surface area contributed by atoms with E-state index in [2.05, 4.69) is 25.2 Å². The van der Waals surface area contributed by atoms with Crippen LogP contribution < -0.4 is 11.1 Å². The highest BCUT2D eigenvalue weighted by atomic mass is 16.5. The van der Waals surface area contributed by atoms with E-state index in [9.17, 15) is 4.79 Å². The number of nitrogens with two attached hydrogens (primary N) is 1. The third-order valence-corrected chi connectivity index (χ3v) is 3.97. The van der Waals surface area contributed by atoms with Gasteiger partial charge in [0.2, 0.25) is 0 Å². The molecule has 0 aromatic heterocycles. The van der Waals surface area contributed by atoms with E-state index in [1.165, 1.54) is 5.56 Å². The minimum atomic E-state index is -0.520. The molecule has 0 aliphatic carbocycles. The maximum atomic E-state index is 12.6. The molecule has 2 unspecified atom stereocenters. The number of nitrogens with one attached hydrogen (secondary N) is 1. The first kappa shape index (κ1) is 16.0. The Morgan fingerprint density at radius 2 is 2.19 bits per heavy atom. The van der Waals surface area contributed by atoms with E-state index < -0.39 is 6.10 Å². The van der Waals surface area contributed by atoms with Crippen LogP contribution in [0.4, 0.5) is 0 Å². The molecular formula is C17H26N2O2. The van der Waals surface area contributed by atoms with E-state index in [4.69, 9.17) is 10.5 Å². The average molecular weight is 290 g/mol. The van der Waals surface area contributed by atoms with E-state index in [-0.39, 0.29) is 11.4 Å². The number of ether oxygens (including phenoxy) is 1. The summed E-state index contributed by atoms with van der Waals surface area (Å²) in [5.41, 5.74) is 7.66. The predicted molar refractivity (Wildman–Crippen MR) is 83.9 cm³/mol. The number of fused-ring (bicyclic) bond motifs is 1. The standard InChI is InChI=1S/C17H26N2O2/c1-12(2)10-17(3,11-18)19-16(20)15-14-7-5-4-6-13(14)8-9-21-15/h4-7,12,15H,8-11,18H2,1-3H3,(H,19,20). The van der Waals surface area contributed by atoms with Gasteiger partial charge in [-0.15, -0.1) is 0 Å². The fourth-order valence-electron chi connectivity index (χ4n) is 3.06. The van der Waals surface area contributed by atoms with Crippen molar-refractivity contribution >= 4 is 5.91 Å². The summed E-state index contributed by atoms with van der Waals surface area (Å²) in [6.07, 6.45) is 1.19. The van der Waals surface area contributed by atoms with Crippen molar-refractivity contribution in [2.45, 2.75) is 45.3 Å². The van der Waals surface area contributed by atoms with Crippen molar-refractivity contribution in [1.29, 1.82) is 0 Å². The Bertz CT molecular complexity index is 501. The summed E-state index contributed by atoms with van der Waals surface area (Å²) in [6.45, 7) is 7.27. The van der Waals surface area contributed by atoms with Crippen molar-refractivity contribution in [2.75, 3.05) is 13.2 Å². The monoisotopic (exact) mass is 290 g/mol. The van der Waals surface area contributed by atoms with Crippen molar-refractivity contribution in [2.24, 2.45) is 11.7 Å². The van der Waals surface area contributed by atoms with Crippen LogP contribution in [0.5, 0.6) is 0 Å². The maximum Gasteiger partial charge on any atom is 0.254 e. The SMILES string of the molecule is CC(C)CC(C)(CN)NC(=O)C1OCCc2ccccc21. The zero-order valence-electron chi connectivity index (χ0n) is 13.2. The molecule has 3 N–H and O–H groups in total. The Labute approximate surface area is 127 Å². The van der Waals surface area contributed by atoms with Crippen LogP contribution in [0.25, 0.3) is 0 Å². The van der Waals surface area contributed by atoms with Crippen LogP contribution in [0.2, 0.25) is 0 Å². The fourth-order valence-corrected chi connectivity index (χ4v) is 3.06. The van der Waals surface area contributed by atoms with Crippen molar-refractivity contribution in [3.63, 3.8) is 0 Å². The zero-order chi connectivity index (χ0) is 15.5. The Morgan fingerprint density at radius 1 is 1.48 bits per heavy atom. The van der Waals surface area contributed by atoms with Gasteiger partial charge in [-0.25, -0.2) is 0 Å². The summed E-state index contributed by atoms with van der Waals surface area (Å²) in [4.78, 5) is 12.6. The quantitative estimate of drug-likeness (QED) is 0.873. The topological polar surface area (TPSA) is 64.3 Å². The van der Waals surface area contributed by atoms with Crippen molar-refractivity contribution < 1.29 is 9.53 Å². The highest BCUT2D eigenvalue weighted by Crippen LogP contribution is 2.28. The summed E-state index contributed by atoms with van der Waals surface area (Å²) < 4.78 is 5.71. The highest BCUT2D eigenvalue weighted by molar-refractivity contribution is 5.83. The van der Waals surface area contributed by atoms with Gasteiger partial charge in [0.15, 0.2) is 6.10 Å². The number of carbonyl (C=O) groups excluding carboxylic acids is 1. The van der Waals surface area contributed by atoms with Crippen LogP contribution in [0, 0.1) is 5.92 Å². The zero-order valence-corrected chi connectivity index (χ0v) is 13.2. The largest absolute Gasteiger partial charge is 0.363 e. The van der Waals surface area contributed by atoms with Crippen molar-refractivity contribution in [3.8, 4) is 0 Å². The van der Waals surface area contributed by atoms with E-state index in [1.54, 1.807) is 0 Å². The van der Waals surface area contributed by atoms with Crippen LogP contribution in [0.1, 0.15) is 44.4 Å². The second-order valence-corrected chi connectivity index (χ2v) is 6.55. The van der Waals surface area contributed by atoms with Gasteiger partial charge < -0.3 is 15.8 Å². The van der Waals surface area contributed by atoms with Crippen LogP contribution >= 0.6 is 0 Å². The first-order chi connectivity index (χ1) is 9.95. The Morgan fingerprint density at radius 3 is 2.86 bits per heavy atom. The van der Waals surface area contributed by atoms with E-state index >= 15 is 0 Å². The van der Waals surface area contributed by atoms with Crippen molar-refractivity contribution in [3.05, 3.63) is 35.4 Å². The summed E-state index contributed by atoms with van der Waals surface area (Å²) in [5, 5.41) is 3.10. The maximum absolute atomic E-state index is 12.6. The molecule has 21 heavy (non-hydrogen) atoms. The van der Waals surface area contributed by atoms with Gasteiger partial charge in [0.05, 0.1) is 6.61 Å². The Kier molecular flexibility index (Phi) is 5.01. The number of amides is 1.